The fourth-order valence-corrected chi connectivity index (χ4v) is 4.07. The molecule has 0 radical (unpaired) electrons. The second-order valence-corrected chi connectivity index (χ2v) is 7.92. The molecule has 3 heterocycles. The first-order valence-corrected chi connectivity index (χ1v) is 10.6. The average Bonchev–Trinajstić information content (AvgIpc) is 2.94. The largest absolute Gasteiger partial charge is 0.573 e. The van der Waals surface area contributed by atoms with Gasteiger partial charge in [0.1, 0.15) is 17.3 Å². The lowest BCUT2D eigenvalue weighted by molar-refractivity contribution is -0.274. The van der Waals surface area contributed by atoms with Gasteiger partial charge in [0.15, 0.2) is 5.75 Å². The van der Waals surface area contributed by atoms with Gasteiger partial charge in [-0.3, -0.25) is 4.79 Å². The molecule has 33 heavy (non-hydrogen) atoms. The second-order valence-electron chi connectivity index (χ2n) is 7.92. The Morgan fingerprint density at radius 2 is 1.70 bits per heavy atom. The molecule has 170 valence electrons. The van der Waals surface area contributed by atoms with E-state index < -0.39 is 18.0 Å². The van der Waals surface area contributed by atoms with Crippen molar-refractivity contribution in [3.8, 4) is 28.4 Å². The maximum absolute atomic E-state index is 12.9. The van der Waals surface area contributed by atoms with E-state index in [0.717, 1.165) is 55.0 Å². The molecule has 1 saturated heterocycles. The van der Waals surface area contributed by atoms with Crippen molar-refractivity contribution in [1.29, 1.82) is 0 Å². The van der Waals surface area contributed by atoms with Gasteiger partial charge in [-0.05, 0) is 66.8 Å². The number of ether oxygens (including phenoxy) is 2. The predicted molar refractivity (Wildman–Crippen MR) is 117 cm³/mol. The van der Waals surface area contributed by atoms with E-state index in [4.69, 9.17) is 4.74 Å². The SMILES string of the molecule is O=C1Nc2cc(OC(F)(F)F)ccc2Oc2ccc(-c3ccnc(N4CCCCC4)c3)cc21. The quantitative estimate of drug-likeness (QED) is 0.525. The van der Waals surface area contributed by atoms with Crippen LogP contribution in [0.1, 0.15) is 29.6 Å². The molecular formula is C24H20F3N3O3. The van der Waals surface area contributed by atoms with Crippen LogP contribution in [0.2, 0.25) is 0 Å². The minimum absolute atomic E-state index is 0.0933. The van der Waals surface area contributed by atoms with E-state index in [1.807, 2.05) is 18.2 Å². The summed E-state index contributed by atoms with van der Waals surface area (Å²) in [5, 5.41) is 2.61. The molecule has 0 bridgehead atoms. The molecule has 1 fully saturated rings. The molecule has 0 atom stereocenters. The highest BCUT2D eigenvalue weighted by atomic mass is 19.4. The number of benzene rings is 2. The predicted octanol–water partition coefficient (Wildman–Crippen LogP) is 6.00. The number of alkyl halides is 3. The summed E-state index contributed by atoms with van der Waals surface area (Å²) in [5.74, 6) is 0.497. The zero-order chi connectivity index (χ0) is 23.0. The van der Waals surface area contributed by atoms with Crippen molar-refractivity contribution in [3.05, 3.63) is 60.3 Å². The number of piperidine rings is 1. The van der Waals surface area contributed by atoms with Gasteiger partial charge >= 0.3 is 6.36 Å². The van der Waals surface area contributed by atoms with Crippen LogP contribution in [0.5, 0.6) is 17.2 Å². The summed E-state index contributed by atoms with van der Waals surface area (Å²) < 4.78 is 47.4. The Morgan fingerprint density at radius 3 is 2.48 bits per heavy atom. The fraction of sp³-hybridized carbons (Fsp3) is 0.250. The Hall–Kier alpha value is -3.75. The zero-order valence-corrected chi connectivity index (χ0v) is 17.5. The Kier molecular flexibility index (Phi) is 5.32. The van der Waals surface area contributed by atoms with Crippen LogP contribution in [0, 0.1) is 0 Å². The number of amides is 1. The number of hydrogen-bond acceptors (Lipinski definition) is 5. The number of aromatic nitrogens is 1. The molecule has 1 aromatic heterocycles. The van der Waals surface area contributed by atoms with Crippen molar-refractivity contribution in [1.82, 2.24) is 4.98 Å². The second kappa shape index (κ2) is 8.31. The molecule has 0 aliphatic carbocycles. The summed E-state index contributed by atoms with van der Waals surface area (Å²) in [6.07, 6.45) is 0.415. The molecule has 2 aliphatic heterocycles. The summed E-state index contributed by atoms with van der Waals surface area (Å²) in [4.78, 5) is 19.6. The maximum atomic E-state index is 12.9. The highest BCUT2D eigenvalue weighted by molar-refractivity contribution is 6.08. The first kappa shape index (κ1) is 21.1. The summed E-state index contributed by atoms with van der Waals surface area (Å²) in [7, 11) is 0. The van der Waals surface area contributed by atoms with Crippen LogP contribution in [-0.4, -0.2) is 30.3 Å². The molecule has 9 heteroatoms. The van der Waals surface area contributed by atoms with E-state index >= 15 is 0 Å². The van der Waals surface area contributed by atoms with Crippen LogP contribution in [0.4, 0.5) is 24.7 Å². The highest BCUT2D eigenvalue weighted by Crippen LogP contribution is 2.40. The Balaban J connectivity index is 1.44. The van der Waals surface area contributed by atoms with E-state index in [9.17, 15) is 18.0 Å². The molecule has 2 aromatic carbocycles. The van der Waals surface area contributed by atoms with Gasteiger partial charge in [-0.15, -0.1) is 13.2 Å². The number of carbonyl (C=O) groups is 1. The molecule has 2 aliphatic rings. The van der Waals surface area contributed by atoms with Crippen molar-refractivity contribution in [2.75, 3.05) is 23.3 Å². The van der Waals surface area contributed by atoms with Crippen LogP contribution in [-0.2, 0) is 0 Å². The smallest absolute Gasteiger partial charge is 0.454 e. The van der Waals surface area contributed by atoms with Gasteiger partial charge in [-0.25, -0.2) is 4.98 Å². The third kappa shape index (κ3) is 4.57. The number of halogens is 3. The number of fused-ring (bicyclic) bond motifs is 2. The molecule has 5 rings (SSSR count). The summed E-state index contributed by atoms with van der Waals surface area (Å²) in [5.41, 5.74) is 2.08. The monoisotopic (exact) mass is 455 g/mol. The number of anilines is 2. The van der Waals surface area contributed by atoms with Crippen molar-refractivity contribution >= 4 is 17.4 Å². The maximum Gasteiger partial charge on any atom is 0.573 e. The molecule has 1 N–H and O–H groups in total. The normalized spacial score (nSPS) is 15.6. The highest BCUT2D eigenvalue weighted by Gasteiger charge is 2.32. The van der Waals surface area contributed by atoms with Gasteiger partial charge in [-0.1, -0.05) is 6.07 Å². The van der Waals surface area contributed by atoms with Crippen molar-refractivity contribution in [2.45, 2.75) is 25.6 Å². The number of pyridine rings is 1. The summed E-state index contributed by atoms with van der Waals surface area (Å²) >= 11 is 0. The van der Waals surface area contributed by atoms with E-state index in [2.05, 4.69) is 19.9 Å². The molecule has 1 amide bonds. The molecule has 3 aromatic rings. The van der Waals surface area contributed by atoms with Gasteiger partial charge in [0.25, 0.3) is 5.91 Å². The fourth-order valence-electron chi connectivity index (χ4n) is 4.07. The van der Waals surface area contributed by atoms with E-state index in [1.54, 1.807) is 18.3 Å². The Bertz CT molecular complexity index is 1210. The lowest BCUT2D eigenvalue weighted by atomic mass is 10.0. The minimum atomic E-state index is -4.83. The van der Waals surface area contributed by atoms with Crippen LogP contribution < -0.4 is 19.7 Å². The number of nitrogens with one attached hydrogen (secondary N) is 1. The number of hydrogen-bond donors (Lipinski definition) is 1. The first-order chi connectivity index (χ1) is 15.9. The molecular weight excluding hydrogens is 435 g/mol. The van der Waals surface area contributed by atoms with Gasteiger partial charge in [0, 0.05) is 25.4 Å². The summed E-state index contributed by atoms with van der Waals surface area (Å²) in [6, 6.07) is 12.6. The average molecular weight is 455 g/mol. The van der Waals surface area contributed by atoms with Gasteiger partial charge in [0.2, 0.25) is 0 Å². The zero-order valence-electron chi connectivity index (χ0n) is 17.5. The van der Waals surface area contributed by atoms with Crippen molar-refractivity contribution < 1.29 is 27.4 Å². The van der Waals surface area contributed by atoms with Crippen LogP contribution in [0.15, 0.2) is 54.7 Å². The standard InChI is InChI=1S/C24H20F3N3O3/c25-24(26,27)33-17-5-7-21-19(14-17)29-23(31)18-12-15(4-6-20(18)32-21)16-8-9-28-22(13-16)30-10-2-1-3-11-30/h4-9,12-14H,1-3,10-11H2,(H,29,31). The van der Waals surface area contributed by atoms with Crippen molar-refractivity contribution in [2.24, 2.45) is 0 Å². The van der Waals surface area contributed by atoms with E-state index in [-0.39, 0.29) is 17.0 Å². The first-order valence-electron chi connectivity index (χ1n) is 10.6. The molecule has 0 spiro atoms. The lowest BCUT2D eigenvalue weighted by Crippen LogP contribution is -2.30. The van der Waals surface area contributed by atoms with Gasteiger partial charge in [0.05, 0.1) is 11.3 Å². The summed E-state index contributed by atoms with van der Waals surface area (Å²) in [6.45, 7) is 1.93. The minimum Gasteiger partial charge on any atom is -0.454 e. The molecule has 0 saturated carbocycles. The lowest BCUT2D eigenvalue weighted by Gasteiger charge is -2.28. The molecule has 6 nitrogen and oxygen atoms in total. The van der Waals surface area contributed by atoms with Crippen LogP contribution >= 0.6 is 0 Å². The Morgan fingerprint density at radius 1 is 0.939 bits per heavy atom. The van der Waals surface area contributed by atoms with E-state index in [1.165, 1.54) is 12.5 Å². The third-order valence-corrected chi connectivity index (χ3v) is 5.64. The Labute approximate surface area is 188 Å². The number of carbonyl (C=O) groups excluding carboxylic acids is 1. The third-order valence-electron chi connectivity index (χ3n) is 5.64. The van der Waals surface area contributed by atoms with E-state index in [0.29, 0.717) is 5.75 Å². The number of rotatable bonds is 3. The van der Waals surface area contributed by atoms with Gasteiger partial charge in [-0.2, -0.15) is 0 Å². The van der Waals surface area contributed by atoms with Crippen molar-refractivity contribution in [3.63, 3.8) is 0 Å². The van der Waals surface area contributed by atoms with Crippen LogP contribution in [0.25, 0.3) is 11.1 Å². The van der Waals surface area contributed by atoms with Gasteiger partial charge < -0.3 is 19.7 Å². The number of nitrogens with zero attached hydrogens (tertiary/aromatic N) is 2. The topological polar surface area (TPSA) is 63.7 Å². The van der Waals surface area contributed by atoms with Crippen LogP contribution in [0.3, 0.4) is 0 Å². The molecule has 0 unspecified atom stereocenters.